The molecule has 1 aromatic rings. The van der Waals surface area contributed by atoms with E-state index < -0.39 is 58.9 Å². The van der Waals surface area contributed by atoms with Gasteiger partial charge >= 0.3 is 18.3 Å². The molecule has 7 atom stereocenters. The monoisotopic (exact) mass is 685 g/mol. The lowest BCUT2D eigenvalue weighted by Gasteiger charge is -2.67. The Hall–Kier alpha value is -3.90. The van der Waals surface area contributed by atoms with E-state index in [-0.39, 0.29) is 6.04 Å². The van der Waals surface area contributed by atoms with Crippen LogP contribution in [-0.4, -0.2) is 77.9 Å². The molecular formula is C37H44F3N2O7+. The normalized spacial score (nSPS) is 34.6. The number of nitrogens with one attached hydrogen (secondary N) is 1. The topological polar surface area (TPSA) is 100 Å². The SMILES string of the molecule is C=CC[N+]1(CC(C)C)CC[C@]23C4=C5C=CC(NC(=O)C(=Cc6ccccc6)OC(F)(F)F)(OC(C)=O)C4O[C@H]2CCCC3(OC(C)=O)[C@H]1C5. The van der Waals surface area contributed by atoms with Crippen LogP contribution in [0.5, 0.6) is 0 Å². The number of benzene rings is 1. The van der Waals surface area contributed by atoms with Gasteiger partial charge in [-0.3, -0.25) is 14.4 Å². The van der Waals surface area contributed by atoms with Gasteiger partial charge in [-0.05, 0) is 54.2 Å². The van der Waals surface area contributed by atoms with Crippen molar-refractivity contribution in [2.45, 2.75) is 95.7 Å². The smallest absolute Gasteiger partial charge is 0.452 e. The van der Waals surface area contributed by atoms with Crippen molar-refractivity contribution in [3.05, 3.63) is 77.6 Å². The first-order valence-corrected chi connectivity index (χ1v) is 16.9. The van der Waals surface area contributed by atoms with E-state index >= 15 is 0 Å². The number of allylic oxidation sites excluding steroid dienone is 1. The third-order valence-electron chi connectivity index (χ3n) is 10.9. The lowest BCUT2D eigenvalue weighted by atomic mass is 9.47. The maximum atomic E-state index is 13.8. The molecule has 1 N–H and O–H groups in total. The van der Waals surface area contributed by atoms with Crippen LogP contribution in [0.4, 0.5) is 13.2 Å². The number of carbonyl (C=O) groups is 3. The van der Waals surface area contributed by atoms with Gasteiger partial charge in [-0.1, -0.05) is 56.8 Å². The van der Waals surface area contributed by atoms with Gasteiger partial charge in [0.2, 0.25) is 5.72 Å². The van der Waals surface area contributed by atoms with Crippen molar-refractivity contribution in [1.82, 2.24) is 5.32 Å². The molecule has 2 heterocycles. The summed E-state index contributed by atoms with van der Waals surface area (Å²) < 4.78 is 65.1. The van der Waals surface area contributed by atoms with Crippen LogP contribution in [0.2, 0.25) is 0 Å². The second-order valence-corrected chi connectivity index (χ2v) is 14.4. The van der Waals surface area contributed by atoms with Crippen LogP contribution in [-0.2, 0) is 33.3 Å². The van der Waals surface area contributed by atoms with Crippen molar-refractivity contribution in [3.63, 3.8) is 0 Å². The quantitative estimate of drug-likeness (QED) is 0.0821. The zero-order chi connectivity index (χ0) is 35.4. The van der Waals surface area contributed by atoms with Crippen molar-refractivity contribution >= 4 is 23.9 Å². The largest absolute Gasteiger partial charge is 0.573 e. The van der Waals surface area contributed by atoms with Crippen molar-refractivity contribution in [2.75, 3.05) is 19.6 Å². The fraction of sp³-hybridized carbons (Fsp3) is 0.541. The second-order valence-electron chi connectivity index (χ2n) is 14.4. The molecule has 5 aliphatic rings. The number of piperidine rings is 1. The van der Waals surface area contributed by atoms with Crippen LogP contribution in [0.1, 0.15) is 65.4 Å². The predicted molar refractivity (Wildman–Crippen MR) is 173 cm³/mol. The van der Waals surface area contributed by atoms with E-state index in [0.29, 0.717) is 54.6 Å². The molecule has 3 fully saturated rings. The zero-order valence-corrected chi connectivity index (χ0v) is 28.3. The highest BCUT2D eigenvalue weighted by Gasteiger charge is 2.79. The molecule has 4 unspecified atom stereocenters. The van der Waals surface area contributed by atoms with E-state index in [0.717, 1.165) is 37.2 Å². The molecule has 264 valence electrons. The number of amides is 1. The van der Waals surface area contributed by atoms with E-state index in [9.17, 15) is 27.6 Å². The first kappa shape index (κ1) is 34.9. The molecule has 2 aliphatic heterocycles. The molecule has 1 aromatic carbocycles. The van der Waals surface area contributed by atoms with Crippen molar-refractivity contribution < 1.29 is 51.0 Å². The van der Waals surface area contributed by atoms with Gasteiger partial charge in [-0.2, -0.15) is 0 Å². The Morgan fingerprint density at radius 1 is 1.12 bits per heavy atom. The maximum Gasteiger partial charge on any atom is 0.573 e. The first-order chi connectivity index (χ1) is 23.1. The number of alkyl halides is 3. The van der Waals surface area contributed by atoms with Gasteiger partial charge in [0, 0.05) is 32.6 Å². The van der Waals surface area contributed by atoms with E-state index in [1.807, 2.05) is 6.08 Å². The number of likely N-dealkylation sites (tertiary alicyclic amines) is 1. The number of quaternary nitrogens is 1. The van der Waals surface area contributed by atoms with Crippen molar-refractivity contribution in [1.29, 1.82) is 0 Å². The van der Waals surface area contributed by atoms with Crippen LogP contribution < -0.4 is 5.32 Å². The molecule has 49 heavy (non-hydrogen) atoms. The lowest BCUT2D eigenvalue weighted by Crippen LogP contribution is -2.80. The average molecular weight is 686 g/mol. The first-order valence-electron chi connectivity index (χ1n) is 16.9. The number of esters is 2. The van der Waals surface area contributed by atoms with Gasteiger partial charge in [0.15, 0.2) is 11.4 Å². The highest BCUT2D eigenvalue weighted by atomic mass is 19.4. The fourth-order valence-corrected chi connectivity index (χ4v) is 9.86. The molecule has 3 aliphatic carbocycles. The van der Waals surface area contributed by atoms with Gasteiger partial charge < -0.3 is 28.7 Å². The molecule has 1 spiro atoms. The summed E-state index contributed by atoms with van der Waals surface area (Å²) in [7, 11) is 0. The van der Waals surface area contributed by atoms with Gasteiger partial charge in [0.05, 0.1) is 31.2 Å². The Morgan fingerprint density at radius 2 is 1.84 bits per heavy atom. The number of hydrogen-bond acceptors (Lipinski definition) is 7. The molecule has 1 amide bonds. The third-order valence-corrected chi connectivity index (χ3v) is 10.9. The van der Waals surface area contributed by atoms with Crippen LogP contribution in [0.15, 0.2) is 72.0 Å². The predicted octanol–water partition coefficient (Wildman–Crippen LogP) is 5.88. The summed E-state index contributed by atoms with van der Waals surface area (Å²) in [6, 6.07) is 7.83. The molecule has 0 radical (unpaired) electrons. The number of halogens is 3. The van der Waals surface area contributed by atoms with Gasteiger partial charge in [0.25, 0.3) is 5.91 Å². The maximum absolute atomic E-state index is 13.8. The molecule has 1 saturated carbocycles. The molecule has 0 aromatic heterocycles. The number of carbonyl (C=O) groups excluding carboxylic acids is 3. The number of hydrogen-bond donors (Lipinski definition) is 1. The summed E-state index contributed by atoms with van der Waals surface area (Å²) in [5.41, 5.74) is -1.81. The summed E-state index contributed by atoms with van der Waals surface area (Å²) in [6.45, 7) is 13.3. The summed E-state index contributed by atoms with van der Waals surface area (Å²) in [4.78, 5) is 39.6. The van der Waals surface area contributed by atoms with Gasteiger partial charge in [0.1, 0.15) is 12.1 Å². The van der Waals surface area contributed by atoms with Crippen molar-refractivity contribution in [3.8, 4) is 0 Å². The Kier molecular flexibility index (Phi) is 8.88. The molecule has 12 heteroatoms. The Bertz CT molecular complexity index is 1620. The molecule has 9 nitrogen and oxygen atoms in total. The minimum atomic E-state index is -5.18. The Morgan fingerprint density at radius 3 is 2.47 bits per heavy atom. The van der Waals surface area contributed by atoms with E-state index in [4.69, 9.17) is 14.2 Å². The highest BCUT2D eigenvalue weighted by Crippen LogP contribution is 2.70. The zero-order valence-electron chi connectivity index (χ0n) is 28.3. The van der Waals surface area contributed by atoms with Gasteiger partial charge in [-0.25, -0.2) is 0 Å². The van der Waals surface area contributed by atoms with Crippen molar-refractivity contribution in [2.24, 2.45) is 11.3 Å². The lowest BCUT2D eigenvalue weighted by molar-refractivity contribution is -0.964. The third kappa shape index (κ3) is 5.80. The van der Waals surface area contributed by atoms with E-state index in [1.165, 1.54) is 25.1 Å². The summed E-state index contributed by atoms with van der Waals surface area (Å²) in [6.07, 6.45) is 2.47. The minimum Gasteiger partial charge on any atom is -0.452 e. The van der Waals surface area contributed by atoms with E-state index in [1.54, 1.807) is 24.3 Å². The summed E-state index contributed by atoms with van der Waals surface area (Å²) in [5, 5.41) is 2.59. The number of rotatable bonds is 10. The fourth-order valence-electron chi connectivity index (χ4n) is 9.86. The van der Waals surface area contributed by atoms with Crippen LogP contribution in [0.3, 0.4) is 0 Å². The van der Waals surface area contributed by atoms with Crippen LogP contribution in [0, 0.1) is 11.3 Å². The highest BCUT2D eigenvalue weighted by molar-refractivity contribution is 5.96. The molecule has 6 rings (SSSR count). The standard InChI is InChI=1S/C37H43F3N2O7/c1-6-18-42(22-23(2)3)19-17-34-30-13-10-15-35(34,47-24(4)43)29(42)21-27-14-16-36(48-25(5)44,32(46-30)31(27)34)41-33(45)28(49-37(38,39)40)20-26-11-8-7-9-12-26/h6-9,11-12,14,16,20,23,29-30,32H,1,10,13,15,17-19,21-22H2,2-5H3/p+1/t29-,30+,32?,34-,35?,36?,42?/m1/s1. The summed E-state index contributed by atoms with van der Waals surface area (Å²) in [5.74, 6) is -3.14. The molecule has 2 bridgehead atoms. The Labute approximate surface area is 284 Å². The Balaban J connectivity index is 1.49. The number of nitrogens with zero attached hydrogens (tertiary/aromatic N) is 1. The van der Waals surface area contributed by atoms with Gasteiger partial charge in [-0.15, -0.1) is 13.2 Å². The average Bonchev–Trinajstić information content (AvgIpc) is 3.35. The summed E-state index contributed by atoms with van der Waals surface area (Å²) >= 11 is 0. The van der Waals surface area contributed by atoms with Crippen LogP contribution >= 0.6 is 0 Å². The molecular weight excluding hydrogens is 641 g/mol. The second kappa shape index (κ2) is 12.5. The van der Waals surface area contributed by atoms with E-state index in [2.05, 4.69) is 30.5 Å². The minimum absolute atomic E-state index is 0.129. The van der Waals surface area contributed by atoms with Crippen LogP contribution in [0.25, 0.3) is 6.08 Å². The number of ether oxygens (including phenoxy) is 4. The molecule has 2 saturated heterocycles.